The molecule has 1 atom stereocenters. The van der Waals surface area contributed by atoms with Crippen molar-refractivity contribution < 1.29 is 38.2 Å². The molecule has 2 aliphatic rings. The average molecular weight is 569 g/mol. The van der Waals surface area contributed by atoms with Crippen LogP contribution in [0.3, 0.4) is 0 Å². The number of carbonyl (C=O) groups excluding carboxylic acids is 5. The number of rotatable bonds is 18. The summed E-state index contributed by atoms with van der Waals surface area (Å²) in [6.07, 6.45) is 0.548. The molecule has 3 heterocycles. The molecule has 1 aromatic heterocycles. The second-order valence-electron chi connectivity index (χ2n) is 8.81. The first-order chi connectivity index (χ1) is 18.9. The number of fused-ring (bicyclic) bond motifs is 1. The molecular formula is C24H36N6O8S. The summed E-state index contributed by atoms with van der Waals surface area (Å²) in [5, 5.41) is 10.7. The molecule has 1 fully saturated rings. The second kappa shape index (κ2) is 16.2. The standard InChI is InChI=1S/C24H36N6O8S/c25-12-20(32)27-4-6-37-8-10-38-9-7-36-5-3-26-14-21(33)28-13-17-11-16-15-30(24(35)22(16)39-17)18-1-2-19(31)29-23(18)34/h11,18,26H,1-10,12-15,25H2,(H,27,32)(H,28,33)(H,29,31,34). The molecule has 39 heavy (non-hydrogen) atoms. The summed E-state index contributed by atoms with van der Waals surface area (Å²) in [4.78, 5) is 62.3. The molecule has 1 aromatic rings. The molecule has 5 amide bonds. The molecule has 3 rings (SSSR count). The maximum Gasteiger partial charge on any atom is 0.265 e. The van der Waals surface area contributed by atoms with Crippen molar-refractivity contribution in [2.45, 2.75) is 32.0 Å². The summed E-state index contributed by atoms with van der Waals surface area (Å²) < 4.78 is 16.1. The van der Waals surface area contributed by atoms with Gasteiger partial charge in [0.2, 0.25) is 23.6 Å². The van der Waals surface area contributed by atoms with Crippen LogP contribution in [-0.4, -0.2) is 106 Å². The summed E-state index contributed by atoms with van der Waals surface area (Å²) in [5.41, 5.74) is 6.01. The average Bonchev–Trinajstić information content (AvgIpc) is 3.45. The van der Waals surface area contributed by atoms with Gasteiger partial charge in [-0.05, 0) is 18.1 Å². The molecule has 15 heteroatoms. The van der Waals surface area contributed by atoms with Crippen molar-refractivity contribution in [2.75, 3.05) is 65.8 Å². The van der Waals surface area contributed by atoms with E-state index in [1.165, 1.54) is 16.2 Å². The maximum absolute atomic E-state index is 12.8. The molecular weight excluding hydrogens is 532 g/mol. The van der Waals surface area contributed by atoms with E-state index >= 15 is 0 Å². The fraction of sp³-hybridized carbons (Fsp3) is 0.625. The summed E-state index contributed by atoms with van der Waals surface area (Å²) in [5.74, 6) is -1.35. The third-order valence-corrected chi connectivity index (χ3v) is 7.07. The Balaban J connectivity index is 1.17. The Labute approximate surface area is 230 Å². The quantitative estimate of drug-likeness (QED) is 0.0963. The van der Waals surface area contributed by atoms with Gasteiger partial charge in [0.05, 0.1) is 64.2 Å². The number of amides is 5. The van der Waals surface area contributed by atoms with Crippen LogP contribution in [0.2, 0.25) is 0 Å². The van der Waals surface area contributed by atoms with Crippen molar-refractivity contribution >= 4 is 40.9 Å². The van der Waals surface area contributed by atoms with E-state index in [9.17, 15) is 24.0 Å². The van der Waals surface area contributed by atoms with Gasteiger partial charge in [0.25, 0.3) is 5.91 Å². The highest BCUT2D eigenvalue weighted by molar-refractivity contribution is 7.14. The largest absolute Gasteiger partial charge is 0.378 e. The smallest absolute Gasteiger partial charge is 0.265 e. The molecule has 0 saturated carbocycles. The molecule has 6 N–H and O–H groups in total. The lowest BCUT2D eigenvalue weighted by molar-refractivity contribution is -0.137. The van der Waals surface area contributed by atoms with Gasteiger partial charge in [0.15, 0.2) is 0 Å². The monoisotopic (exact) mass is 568 g/mol. The van der Waals surface area contributed by atoms with Crippen LogP contribution in [0.1, 0.15) is 33.0 Å². The van der Waals surface area contributed by atoms with Gasteiger partial charge in [-0.1, -0.05) is 0 Å². The first-order valence-corrected chi connectivity index (χ1v) is 13.6. The zero-order chi connectivity index (χ0) is 28.0. The number of ether oxygens (including phenoxy) is 3. The highest BCUT2D eigenvalue weighted by Crippen LogP contribution is 2.33. The third-order valence-electron chi connectivity index (χ3n) is 5.91. The molecule has 0 bridgehead atoms. The third kappa shape index (κ3) is 9.94. The van der Waals surface area contributed by atoms with Crippen LogP contribution in [0.15, 0.2) is 6.07 Å². The van der Waals surface area contributed by atoms with Gasteiger partial charge in [0.1, 0.15) is 6.04 Å². The van der Waals surface area contributed by atoms with Crippen LogP contribution in [-0.2, 0) is 46.5 Å². The van der Waals surface area contributed by atoms with Crippen molar-refractivity contribution in [3.8, 4) is 0 Å². The number of carbonyl (C=O) groups is 5. The van der Waals surface area contributed by atoms with E-state index < -0.39 is 11.9 Å². The SMILES string of the molecule is NCC(=O)NCCOCCOCCOCCNCC(=O)NCc1cc2c(s1)C(=O)N(C1CCC(=O)NC1=O)C2. The van der Waals surface area contributed by atoms with Crippen LogP contribution in [0, 0.1) is 0 Å². The van der Waals surface area contributed by atoms with E-state index in [2.05, 4.69) is 21.3 Å². The fourth-order valence-electron chi connectivity index (χ4n) is 3.96. The first kappa shape index (κ1) is 30.6. The minimum Gasteiger partial charge on any atom is -0.378 e. The summed E-state index contributed by atoms with van der Waals surface area (Å²) in [6.45, 7) is 4.15. The molecule has 1 unspecified atom stereocenters. The number of nitrogens with zero attached hydrogens (tertiary/aromatic N) is 1. The summed E-state index contributed by atoms with van der Waals surface area (Å²) >= 11 is 1.31. The number of nitrogens with two attached hydrogens (primary N) is 1. The predicted molar refractivity (Wildman–Crippen MR) is 140 cm³/mol. The highest BCUT2D eigenvalue weighted by Gasteiger charge is 2.40. The Bertz CT molecular complexity index is 1020. The Kier molecular flexibility index (Phi) is 12.7. The van der Waals surface area contributed by atoms with E-state index in [-0.39, 0.29) is 43.1 Å². The Morgan fingerprint density at radius 3 is 2.36 bits per heavy atom. The number of hydrogen-bond donors (Lipinski definition) is 5. The lowest BCUT2D eigenvalue weighted by Crippen LogP contribution is -2.52. The molecule has 14 nitrogen and oxygen atoms in total. The molecule has 216 valence electrons. The minimum absolute atomic E-state index is 0.0375. The molecule has 1 saturated heterocycles. The van der Waals surface area contributed by atoms with Gasteiger partial charge in [-0.3, -0.25) is 29.3 Å². The number of imide groups is 1. The summed E-state index contributed by atoms with van der Waals surface area (Å²) in [7, 11) is 0. The minimum atomic E-state index is -0.630. The van der Waals surface area contributed by atoms with Crippen molar-refractivity contribution in [1.29, 1.82) is 0 Å². The normalized spacial score (nSPS) is 16.8. The number of thiophene rings is 1. The summed E-state index contributed by atoms with van der Waals surface area (Å²) in [6, 6.07) is 1.25. The van der Waals surface area contributed by atoms with Crippen molar-refractivity contribution in [3.63, 3.8) is 0 Å². The Hall–Kier alpha value is -2.95. The highest BCUT2D eigenvalue weighted by atomic mass is 32.1. The fourth-order valence-corrected chi connectivity index (χ4v) is 5.03. The zero-order valence-electron chi connectivity index (χ0n) is 21.8. The van der Waals surface area contributed by atoms with Crippen LogP contribution in [0.4, 0.5) is 0 Å². The van der Waals surface area contributed by atoms with Crippen LogP contribution >= 0.6 is 11.3 Å². The Morgan fingerprint density at radius 2 is 1.69 bits per heavy atom. The van der Waals surface area contributed by atoms with Crippen molar-refractivity contribution in [3.05, 3.63) is 21.4 Å². The van der Waals surface area contributed by atoms with Crippen LogP contribution in [0.25, 0.3) is 0 Å². The van der Waals surface area contributed by atoms with E-state index in [0.717, 1.165) is 10.4 Å². The van der Waals surface area contributed by atoms with Crippen molar-refractivity contribution in [2.24, 2.45) is 5.73 Å². The molecule has 0 aliphatic carbocycles. The van der Waals surface area contributed by atoms with Gasteiger partial charge in [-0.25, -0.2) is 0 Å². The molecule has 0 aromatic carbocycles. The van der Waals surface area contributed by atoms with E-state index in [4.69, 9.17) is 19.9 Å². The zero-order valence-corrected chi connectivity index (χ0v) is 22.6. The van der Waals surface area contributed by atoms with Gasteiger partial charge >= 0.3 is 0 Å². The number of hydrogen-bond acceptors (Lipinski definition) is 11. The van der Waals surface area contributed by atoms with E-state index in [1.807, 2.05) is 6.07 Å². The van der Waals surface area contributed by atoms with Crippen molar-refractivity contribution in [1.82, 2.24) is 26.2 Å². The lowest BCUT2D eigenvalue weighted by Gasteiger charge is -2.29. The molecule has 0 radical (unpaired) electrons. The van der Waals surface area contributed by atoms with Crippen LogP contribution in [0.5, 0.6) is 0 Å². The van der Waals surface area contributed by atoms with Gasteiger partial charge in [-0.2, -0.15) is 0 Å². The number of piperidine rings is 1. The predicted octanol–water partition coefficient (Wildman–Crippen LogP) is -2.16. The topological polar surface area (TPSA) is 190 Å². The molecule has 0 spiro atoms. The van der Waals surface area contributed by atoms with Gasteiger partial charge in [-0.15, -0.1) is 11.3 Å². The van der Waals surface area contributed by atoms with Gasteiger partial charge in [0, 0.05) is 30.9 Å². The maximum atomic E-state index is 12.8. The van der Waals surface area contributed by atoms with Gasteiger partial charge < -0.3 is 40.8 Å². The number of nitrogens with one attached hydrogen (secondary N) is 4. The van der Waals surface area contributed by atoms with E-state index in [0.29, 0.717) is 77.1 Å². The Morgan fingerprint density at radius 1 is 1.00 bits per heavy atom. The lowest BCUT2D eigenvalue weighted by atomic mass is 10.0. The molecule has 2 aliphatic heterocycles. The van der Waals surface area contributed by atoms with E-state index in [1.54, 1.807) is 0 Å². The first-order valence-electron chi connectivity index (χ1n) is 12.8. The van der Waals surface area contributed by atoms with Crippen LogP contribution < -0.4 is 27.0 Å². The second-order valence-corrected chi connectivity index (χ2v) is 9.95.